The molecule has 1 aromatic rings. The molecule has 0 saturated carbocycles. The van der Waals surface area contributed by atoms with Gasteiger partial charge in [0.1, 0.15) is 5.75 Å². The first-order chi connectivity index (χ1) is 8.92. The van der Waals surface area contributed by atoms with Gasteiger partial charge in [-0.1, -0.05) is 61.1 Å². The second-order valence-corrected chi connectivity index (χ2v) is 7.55. The van der Waals surface area contributed by atoms with Gasteiger partial charge in [0.2, 0.25) is 0 Å². The average Bonchev–Trinajstić information content (AvgIpc) is 2.24. The molecule has 0 bridgehead atoms. The van der Waals surface area contributed by atoms with Crippen LogP contribution in [0.3, 0.4) is 0 Å². The van der Waals surface area contributed by atoms with Crippen molar-refractivity contribution in [1.82, 2.24) is 0 Å². The zero-order valence-corrected chi connectivity index (χ0v) is 13.3. The van der Waals surface area contributed by atoms with Gasteiger partial charge in [-0.15, -0.1) is 0 Å². The smallest absolute Gasteiger partial charge is 0.311 e. The Morgan fingerprint density at radius 1 is 0.952 bits per heavy atom. The molecule has 1 rings (SSSR count). The molecular formula is C18H30O3. The molecule has 0 aliphatic rings. The molecule has 0 aliphatic carbocycles. The molecule has 3 heteroatoms. The van der Waals surface area contributed by atoms with Crippen LogP contribution in [0.15, 0.2) is 24.3 Å². The van der Waals surface area contributed by atoms with E-state index in [1.165, 1.54) is 0 Å². The normalized spacial score (nSPS) is 12.7. The lowest BCUT2D eigenvalue weighted by molar-refractivity contribution is -0.168. The van der Waals surface area contributed by atoms with E-state index >= 15 is 0 Å². The fraction of sp³-hybridized carbons (Fsp3) is 0.611. The molecule has 0 fully saturated rings. The summed E-state index contributed by atoms with van der Waals surface area (Å²) in [6.07, 6.45) is 0.440. The number of hydrogen-bond acceptors (Lipinski definition) is 2. The molecule has 0 atom stereocenters. The molecule has 0 aliphatic heterocycles. The number of rotatable bonds is 3. The number of carboxylic acids is 1. The number of carbonyl (C=O) groups is 1. The van der Waals surface area contributed by atoms with Crippen LogP contribution >= 0.6 is 0 Å². The molecule has 0 radical (unpaired) electrons. The maximum Gasteiger partial charge on any atom is 0.311 e. The Labute approximate surface area is 129 Å². The van der Waals surface area contributed by atoms with Crippen molar-refractivity contribution in [2.24, 2.45) is 16.2 Å². The van der Waals surface area contributed by atoms with Crippen LogP contribution < -0.4 is 0 Å². The van der Waals surface area contributed by atoms with Crippen molar-refractivity contribution in [3.05, 3.63) is 29.8 Å². The van der Waals surface area contributed by atoms with Gasteiger partial charge in [0.05, 0.1) is 5.41 Å². The van der Waals surface area contributed by atoms with Crippen LogP contribution in [0.2, 0.25) is 0 Å². The summed E-state index contributed by atoms with van der Waals surface area (Å²) in [5, 5.41) is 19.3. The number of carboxylic acid groups (broad SMARTS) is 1. The summed E-state index contributed by atoms with van der Waals surface area (Å²) in [5.41, 5.74) is -0.754. The van der Waals surface area contributed by atoms with Gasteiger partial charge in [0.25, 0.3) is 0 Å². The number of phenolic OH excluding ortho intramolecular Hbond substituents is 1. The minimum atomic E-state index is -0.892. The zero-order valence-electron chi connectivity index (χ0n) is 13.3. The topological polar surface area (TPSA) is 57.5 Å². The van der Waals surface area contributed by atoms with Gasteiger partial charge in [-0.25, -0.2) is 0 Å². The Morgan fingerprint density at radius 3 is 1.62 bits per heavy atom. The van der Waals surface area contributed by atoms with Crippen LogP contribution in [-0.2, 0) is 11.2 Å². The predicted octanol–water partition coefficient (Wildman–Crippen LogP) is 4.73. The van der Waals surface area contributed by atoms with Gasteiger partial charge < -0.3 is 10.2 Å². The van der Waals surface area contributed by atoms with E-state index in [4.69, 9.17) is 0 Å². The van der Waals surface area contributed by atoms with Crippen LogP contribution in [-0.4, -0.2) is 16.2 Å². The molecular weight excluding hydrogens is 264 g/mol. The van der Waals surface area contributed by atoms with Crippen molar-refractivity contribution in [3.8, 4) is 5.75 Å². The van der Waals surface area contributed by atoms with E-state index < -0.39 is 22.2 Å². The quantitative estimate of drug-likeness (QED) is 0.847. The van der Waals surface area contributed by atoms with Gasteiger partial charge >= 0.3 is 5.97 Å². The summed E-state index contributed by atoms with van der Waals surface area (Å²) in [6.45, 7) is 11.9. The van der Waals surface area contributed by atoms with Crippen LogP contribution in [0.1, 0.15) is 54.5 Å². The summed E-state index contributed by atoms with van der Waals surface area (Å²) in [4.78, 5) is 12.1. The average molecular weight is 294 g/mol. The maximum absolute atomic E-state index is 12.1. The summed E-state index contributed by atoms with van der Waals surface area (Å²) in [5.74, 6) is -0.577. The Hall–Kier alpha value is -1.51. The molecule has 0 unspecified atom stereocenters. The largest absolute Gasteiger partial charge is 0.508 e. The lowest BCUT2D eigenvalue weighted by Gasteiger charge is -2.50. The molecule has 1 aromatic carbocycles. The van der Waals surface area contributed by atoms with Crippen LogP contribution in [0.4, 0.5) is 0 Å². The number of benzene rings is 1. The lowest BCUT2D eigenvalue weighted by Crippen LogP contribution is -2.53. The van der Waals surface area contributed by atoms with Crippen LogP contribution in [0.5, 0.6) is 5.75 Å². The second kappa shape index (κ2) is 6.08. The molecule has 0 heterocycles. The van der Waals surface area contributed by atoms with E-state index in [1.807, 2.05) is 41.5 Å². The fourth-order valence-electron chi connectivity index (χ4n) is 3.29. The van der Waals surface area contributed by atoms with Crippen molar-refractivity contribution in [2.75, 3.05) is 0 Å². The third kappa shape index (κ3) is 3.58. The van der Waals surface area contributed by atoms with Crippen molar-refractivity contribution < 1.29 is 15.0 Å². The summed E-state index contributed by atoms with van der Waals surface area (Å²) in [6, 6.07) is 6.80. The first-order valence-electron chi connectivity index (χ1n) is 6.93. The molecule has 3 nitrogen and oxygen atoms in total. The lowest BCUT2D eigenvalue weighted by atomic mass is 9.52. The molecule has 120 valence electrons. The molecule has 0 amide bonds. The Morgan fingerprint density at radius 2 is 1.33 bits per heavy atom. The first kappa shape index (κ1) is 19.5. The molecule has 21 heavy (non-hydrogen) atoms. The predicted molar refractivity (Wildman–Crippen MR) is 87.5 cm³/mol. The van der Waals surface area contributed by atoms with Crippen molar-refractivity contribution in [1.29, 1.82) is 0 Å². The number of hydrogen-bond donors (Lipinski definition) is 2. The third-order valence-electron chi connectivity index (χ3n) is 4.33. The van der Waals surface area contributed by atoms with E-state index in [2.05, 4.69) is 0 Å². The number of phenols is 1. The molecule has 2 N–H and O–H groups in total. The summed E-state index contributed by atoms with van der Waals surface area (Å²) in [7, 11) is 0. The monoisotopic (exact) mass is 294 g/mol. The third-order valence-corrected chi connectivity index (χ3v) is 4.33. The second-order valence-electron chi connectivity index (χ2n) is 7.55. The highest BCUT2D eigenvalue weighted by molar-refractivity contribution is 5.77. The highest BCUT2D eigenvalue weighted by Gasteiger charge is 2.56. The van der Waals surface area contributed by atoms with E-state index in [1.54, 1.807) is 24.3 Å². The SMILES string of the molecule is C.CC(C)(C)C(Cc1ccc(O)cc1)(C(=O)O)C(C)(C)C. The highest BCUT2D eigenvalue weighted by atomic mass is 16.4. The van der Waals surface area contributed by atoms with E-state index in [-0.39, 0.29) is 13.2 Å². The molecule has 0 spiro atoms. The van der Waals surface area contributed by atoms with Gasteiger partial charge in [-0.05, 0) is 34.9 Å². The summed E-state index contributed by atoms with van der Waals surface area (Å²) >= 11 is 0. The minimum Gasteiger partial charge on any atom is -0.508 e. The van der Waals surface area contributed by atoms with E-state index in [0.717, 1.165) is 5.56 Å². The molecule has 0 saturated heterocycles. The Kier molecular flexibility index (Phi) is 5.65. The van der Waals surface area contributed by atoms with Crippen molar-refractivity contribution in [3.63, 3.8) is 0 Å². The van der Waals surface area contributed by atoms with Crippen molar-refractivity contribution >= 4 is 5.97 Å². The van der Waals surface area contributed by atoms with Crippen LogP contribution in [0, 0.1) is 16.2 Å². The minimum absolute atomic E-state index is 0. The molecule has 0 aromatic heterocycles. The van der Waals surface area contributed by atoms with E-state index in [9.17, 15) is 15.0 Å². The van der Waals surface area contributed by atoms with E-state index in [0.29, 0.717) is 6.42 Å². The standard InChI is InChI=1S/C17H26O3.CH4/c1-15(2,3)17(14(19)20,16(4,5)6)11-12-7-9-13(18)10-8-12;/h7-10,18H,11H2,1-6H3,(H,19,20);1H4. The highest BCUT2D eigenvalue weighted by Crippen LogP contribution is 2.53. The summed E-state index contributed by atoms with van der Waals surface area (Å²) < 4.78 is 0. The first-order valence-corrected chi connectivity index (χ1v) is 6.93. The maximum atomic E-state index is 12.1. The number of aliphatic carboxylic acids is 1. The number of aromatic hydroxyl groups is 1. The van der Waals surface area contributed by atoms with Gasteiger partial charge in [-0.3, -0.25) is 4.79 Å². The fourth-order valence-corrected chi connectivity index (χ4v) is 3.29. The van der Waals surface area contributed by atoms with Crippen molar-refractivity contribution in [2.45, 2.75) is 55.4 Å². The Bertz CT molecular complexity index is 459. The Balaban J connectivity index is 0.00000400. The van der Waals surface area contributed by atoms with Gasteiger partial charge in [0.15, 0.2) is 0 Å². The van der Waals surface area contributed by atoms with Gasteiger partial charge in [-0.2, -0.15) is 0 Å². The van der Waals surface area contributed by atoms with Gasteiger partial charge in [0, 0.05) is 0 Å². The zero-order chi connectivity index (χ0) is 15.8. The van der Waals surface area contributed by atoms with Crippen LogP contribution in [0.25, 0.3) is 0 Å².